The average Bonchev–Trinajstić information content (AvgIpc) is 2.27. The van der Waals surface area contributed by atoms with Crippen LogP contribution in [0, 0.1) is 6.92 Å². The largest absolute Gasteiger partial charge is 0.444 e. The van der Waals surface area contributed by atoms with E-state index in [0.29, 0.717) is 23.0 Å². The minimum atomic E-state index is -0.483. The molecule has 0 aliphatic carbocycles. The summed E-state index contributed by atoms with van der Waals surface area (Å²) in [6.07, 6.45) is 0.271. The lowest BCUT2D eigenvalue weighted by molar-refractivity contribution is 0.0528. The highest BCUT2D eigenvalue weighted by atomic mass is 35.5. The van der Waals surface area contributed by atoms with Crippen molar-refractivity contribution in [1.29, 1.82) is 0 Å². The van der Waals surface area contributed by atoms with E-state index in [4.69, 9.17) is 27.9 Å². The minimum absolute atomic E-state index is 0.412. The Hall–Kier alpha value is -0.930. The fourth-order valence-corrected chi connectivity index (χ4v) is 1.97. The van der Waals surface area contributed by atoms with Crippen LogP contribution < -0.4 is 5.32 Å². The molecule has 3 nitrogen and oxygen atoms in total. The van der Waals surface area contributed by atoms with Crippen LogP contribution in [-0.4, -0.2) is 18.2 Å². The summed E-state index contributed by atoms with van der Waals surface area (Å²) in [6.45, 7) is 7.89. The topological polar surface area (TPSA) is 38.3 Å². The van der Waals surface area contributed by atoms with Gasteiger partial charge in [-0.15, -0.1) is 0 Å². The first-order chi connectivity index (χ1) is 8.70. The molecule has 0 saturated heterocycles. The van der Waals surface area contributed by atoms with Gasteiger partial charge in [0.25, 0.3) is 0 Å². The summed E-state index contributed by atoms with van der Waals surface area (Å²) >= 11 is 12.0. The molecule has 1 amide bonds. The van der Waals surface area contributed by atoms with E-state index in [-0.39, 0.29) is 0 Å². The lowest BCUT2D eigenvalue weighted by atomic mass is 10.1. The molecule has 0 aliphatic rings. The molecular formula is C14H19Cl2NO2. The van der Waals surface area contributed by atoms with Crippen molar-refractivity contribution in [1.82, 2.24) is 5.32 Å². The summed E-state index contributed by atoms with van der Waals surface area (Å²) in [5.41, 5.74) is 1.52. The highest BCUT2D eigenvalue weighted by Gasteiger charge is 2.15. The van der Waals surface area contributed by atoms with Crippen LogP contribution >= 0.6 is 23.2 Å². The van der Waals surface area contributed by atoms with Crippen LogP contribution in [0.5, 0.6) is 0 Å². The van der Waals surface area contributed by atoms with Gasteiger partial charge in [-0.25, -0.2) is 4.79 Å². The van der Waals surface area contributed by atoms with Crippen molar-refractivity contribution in [2.75, 3.05) is 6.54 Å². The van der Waals surface area contributed by atoms with Crippen molar-refractivity contribution in [2.45, 2.75) is 39.7 Å². The standard InChI is InChI=1S/C14H19Cl2NO2/c1-9-10(5-6-11(15)12(9)16)7-8-17-13(18)19-14(2,3)4/h5-6H,7-8H2,1-4H3,(H,17,18). The number of carbonyl (C=O) groups is 1. The Morgan fingerprint density at radius 2 is 1.95 bits per heavy atom. The molecule has 0 heterocycles. The van der Waals surface area contributed by atoms with Crippen LogP contribution in [0.4, 0.5) is 4.79 Å². The van der Waals surface area contributed by atoms with E-state index >= 15 is 0 Å². The van der Waals surface area contributed by atoms with E-state index in [0.717, 1.165) is 11.1 Å². The van der Waals surface area contributed by atoms with Gasteiger partial charge in [-0.2, -0.15) is 0 Å². The number of ether oxygens (including phenoxy) is 1. The zero-order valence-electron chi connectivity index (χ0n) is 11.6. The van der Waals surface area contributed by atoms with Gasteiger partial charge in [-0.1, -0.05) is 29.3 Å². The molecule has 1 N–H and O–H groups in total. The number of amides is 1. The van der Waals surface area contributed by atoms with E-state index in [2.05, 4.69) is 5.32 Å². The lowest BCUT2D eigenvalue weighted by Crippen LogP contribution is -2.33. The Morgan fingerprint density at radius 3 is 2.53 bits per heavy atom. The van der Waals surface area contributed by atoms with Crippen LogP contribution in [0.3, 0.4) is 0 Å². The highest BCUT2D eigenvalue weighted by Crippen LogP contribution is 2.27. The molecule has 1 aromatic carbocycles. The Bertz CT molecular complexity index is 467. The van der Waals surface area contributed by atoms with Crippen molar-refractivity contribution in [3.63, 3.8) is 0 Å². The van der Waals surface area contributed by atoms with Crippen molar-refractivity contribution in [3.8, 4) is 0 Å². The molecule has 0 fully saturated rings. The lowest BCUT2D eigenvalue weighted by Gasteiger charge is -2.19. The van der Waals surface area contributed by atoms with Gasteiger partial charge in [0, 0.05) is 6.54 Å². The smallest absolute Gasteiger partial charge is 0.407 e. The van der Waals surface area contributed by atoms with Crippen LogP contribution in [0.25, 0.3) is 0 Å². The molecule has 0 aromatic heterocycles. The number of carbonyl (C=O) groups excluding carboxylic acids is 1. The molecule has 0 saturated carbocycles. The SMILES string of the molecule is Cc1c(CCNC(=O)OC(C)(C)C)ccc(Cl)c1Cl. The maximum Gasteiger partial charge on any atom is 0.407 e. The second kappa shape index (κ2) is 6.49. The van der Waals surface area contributed by atoms with E-state index in [1.807, 2.05) is 33.8 Å². The Morgan fingerprint density at radius 1 is 1.32 bits per heavy atom. The first kappa shape index (κ1) is 16.1. The third-order valence-electron chi connectivity index (χ3n) is 2.51. The maximum absolute atomic E-state index is 11.5. The van der Waals surface area contributed by atoms with Crippen molar-refractivity contribution < 1.29 is 9.53 Å². The number of benzene rings is 1. The van der Waals surface area contributed by atoms with Gasteiger partial charge in [-0.05, 0) is 51.3 Å². The molecule has 5 heteroatoms. The van der Waals surface area contributed by atoms with Gasteiger partial charge >= 0.3 is 6.09 Å². The summed E-state index contributed by atoms with van der Waals surface area (Å²) in [4.78, 5) is 11.5. The molecule has 0 unspecified atom stereocenters. The van der Waals surface area contributed by atoms with Gasteiger partial charge in [0.15, 0.2) is 0 Å². The number of hydrogen-bond acceptors (Lipinski definition) is 2. The van der Waals surface area contributed by atoms with Gasteiger partial charge < -0.3 is 10.1 Å². The second-order valence-corrected chi connectivity index (χ2v) is 6.11. The molecule has 19 heavy (non-hydrogen) atoms. The minimum Gasteiger partial charge on any atom is -0.444 e. The summed E-state index contributed by atoms with van der Waals surface area (Å²) in [5.74, 6) is 0. The molecule has 0 radical (unpaired) electrons. The maximum atomic E-state index is 11.5. The van der Waals surface area contributed by atoms with Crippen LogP contribution in [-0.2, 0) is 11.2 Å². The quantitative estimate of drug-likeness (QED) is 0.900. The number of alkyl carbamates (subject to hydrolysis) is 1. The number of nitrogens with one attached hydrogen (secondary N) is 1. The van der Waals surface area contributed by atoms with E-state index in [9.17, 15) is 4.79 Å². The van der Waals surface area contributed by atoms with Gasteiger partial charge in [0.2, 0.25) is 0 Å². The van der Waals surface area contributed by atoms with Crippen LogP contribution in [0.1, 0.15) is 31.9 Å². The summed E-state index contributed by atoms with van der Waals surface area (Å²) in [7, 11) is 0. The molecular weight excluding hydrogens is 285 g/mol. The molecule has 0 atom stereocenters. The monoisotopic (exact) mass is 303 g/mol. The van der Waals surface area contributed by atoms with E-state index in [1.165, 1.54) is 0 Å². The average molecular weight is 304 g/mol. The first-order valence-corrected chi connectivity index (χ1v) is 6.86. The molecule has 1 rings (SSSR count). The van der Waals surface area contributed by atoms with E-state index < -0.39 is 11.7 Å². The first-order valence-electron chi connectivity index (χ1n) is 6.11. The van der Waals surface area contributed by atoms with Crippen molar-refractivity contribution >= 4 is 29.3 Å². The molecule has 1 aromatic rings. The normalized spacial score (nSPS) is 11.3. The second-order valence-electron chi connectivity index (χ2n) is 5.32. The Kier molecular flexibility index (Phi) is 5.50. The van der Waals surface area contributed by atoms with Crippen LogP contribution in [0.2, 0.25) is 10.0 Å². The predicted molar refractivity (Wildman–Crippen MR) is 79.1 cm³/mol. The third-order valence-corrected chi connectivity index (χ3v) is 3.41. The van der Waals surface area contributed by atoms with Gasteiger partial charge in [-0.3, -0.25) is 0 Å². The predicted octanol–water partition coefficient (Wildman–Crippen LogP) is 4.37. The molecule has 106 valence electrons. The highest BCUT2D eigenvalue weighted by molar-refractivity contribution is 6.42. The fourth-order valence-electron chi connectivity index (χ4n) is 1.58. The zero-order valence-corrected chi connectivity index (χ0v) is 13.2. The van der Waals surface area contributed by atoms with Crippen molar-refractivity contribution in [2.24, 2.45) is 0 Å². The molecule has 0 bridgehead atoms. The summed E-state index contributed by atoms with van der Waals surface area (Å²) in [5, 5.41) is 3.82. The summed E-state index contributed by atoms with van der Waals surface area (Å²) in [6, 6.07) is 3.68. The fraction of sp³-hybridized carbons (Fsp3) is 0.500. The Balaban J connectivity index is 2.50. The van der Waals surface area contributed by atoms with Crippen molar-refractivity contribution in [3.05, 3.63) is 33.3 Å². The number of halogens is 2. The van der Waals surface area contributed by atoms with Crippen LogP contribution in [0.15, 0.2) is 12.1 Å². The van der Waals surface area contributed by atoms with E-state index in [1.54, 1.807) is 6.07 Å². The molecule has 0 spiro atoms. The number of rotatable bonds is 3. The summed E-state index contributed by atoms with van der Waals surface area (Å²) < 4.78 is 5.15. The van der Waals surface area contributed by atoms with Gasteiger partial charge in [0.1, 0.15) is 5.60 Å². The Labute approximate surface area is 124 Å². The zero-order chi connectivity index (χ0) is 14.6. The van der Waals surface area contributed by atoms with Gasteiger partial charge in [0.05, 0.1) is 10.0 Å². The number of hydrogen-bond donors (Lipinski definition) is 1. The third kappa shape index (κ3) is 5.29. The molecule has 0 aliphatic heterocycles.